The second kappa shape index (κ2) is 3.07. The van der Waals surface area contributed by atoms with Crippen LogP contribution in [-0.4, -0.2) is 40.5 Å². The average molecular weight is 193 g/mol. The molecule has 14 heavy (non-hydrogen) atoms. The first-order chi connectivity index (χ1) is 6.83. The number of rotatable bonds is 2. The molecule has 3 rings (SSSR count). The Balaban J connectivity index is 1.72. The smallest absolute Gasteiger partial charge is 0.0936 e. The number of hydrogen-bond donors (Lipinski definition) is 0. The third kappa shape index (κ3) is 1.44. The molecule has 2 aliphatic heterocycles. The number of ether oxygens (including phenoxy) is 1. The van der Waals surface area contributed by atoms with Gasteiger partial charge in [-0.1, -0.05) is 0 Å². The first-order valence-corrected chi connectivity index (χ1v) is 5.16. The molecule has 0 N–H and O–H groups in total. The van der Waals surface area contributed by atoms with Gasteiger partial charge in [0.25, 0.3) is 0 Å². The van der Waals surface area contributed by atoms with Gasteiger partial charge in [0, 0.05) is 44.4 Å². The van der Waals surface area contributed by atoms with Crippen LogP contribution in [0.1, 0.15) is 11.3 Å². The van der Waals surface area contributed by atoms with E-state index in [1.807, 2.05) is 17.9 Å². The van der Waals surface area contributed by atoms with Gasteiger partial charge in [-0.15, -0.1) is 0 Å². The Bertz CT molecular complexity index is 343. The van der Waals surface area contributed by atoms with Gasteiger partial charge in [-0.25, -0.2) is 0 Å². The Morgan fingerprint density at radius 1 is 1.64 bits per heavy atom. The highest BCUT2D eigenvalue weighted by Gasteiger charge is 2.28. The van der Waals surface area contributed by atoms with Crippen molar-refractivity contribution in [2.45, 2.75) is 19.1 Å². The summed E-state index contributed by atoms with van der Waals surface area (Å²) >= 11 is 0. The topological polar surface area (TPSA) is 33.6 Å². The number of aromatic nitrogens is 2. The molecule has 0 spiro atoms. The van der Waals surface area contributed by atoms with Crippen molar-refractivity contribution in [3.63, 3.8) is 0 Å². The second-order valence-corrected chi connectivity index (χ2v) is 4.18. The molecule has 0 bridgehead atoms. The van der Waals surface area contributed by atoms with Crippen LogP contribution in [0, 0.1) is 0 Å². The quantitative estimate of drug-likeness (QED) is 0.628. The first kappa shape index (κ1) is 8.44. The molecular formula is C10H15N3O. The molecule has 0 unspecified atom stereocenters. The van der Waals surface area contributed by atoms with Crippen LogP contribution in [0.2, 0.25) is 0 Å². The van der Waals surface area contributed by atoms with Gasteiger partial charge in [0.2, 0.25) is 0 Å². The van der Waals surface area contributed by atoms with Gasteiger partial charge in [-0.05, 0) is 0 Å². The summed E-state index contributed by atoms with van der Waals surface area (Å²) in [6, 6.07) is 0. The molecule has 1 aromatic heterocycles. The summed E-state index contributed by atoms with van der Waals surface area (Å²) in [4.78, 5) is 2.46. The summed E-state index contributed by atoms with van der Waals surface area (Å²) in [5, 5.41) is 4.29. The molecule has 2 aliphatic rings. The highest BCUT2D eigenvalue weighted by Crippen LogP contribution is 2.20. The molecule has 4 nitrogen and oxygen atoms in total. The summed E-state index contributed by atoms with van der Waals surface area (Å²) in [6.07, 6.45) is 3.63. The summed E-state index contributed by atoms with van der Waals surface area (Å²) in [6.45, 7) is 4.24. The molecule has 1 fully saturated rings. The van der Waals surface area contributed by atoms with E-state index in [1.165, 1.54) is 11.3 Å². The van der Waals surface area contributed by atoms with E-state index in [2.05, 4.69) is 10.00 Å². The largest absolute Gasteiger partial charge is 0.372 e. The molecular weight excluding hydrogens is 178 g/mol. The Morgan fingerprint density at radius 2 is 2.50 bits per heavy atom. The Hall–Kier alpha value is -0.870. The van der Waals surface area contributed by atoms with Gasteiger partial charge in [-0.2, -0.15) is 5.10 Å². The van der Waals surface area contributed by atoms with Gasteiger partial charge < -0.3 is 4.74 Å². The maximum atomic E-state index is 5.24. The molecule has 1 aromatic rings. The van der Waals surface area contributed by atoms with Gasteiger partial charge in [0.15, 0.2) is 0 Å². The van der Waals surface area contributed by atoms with Crippen LogP contribution in [0.15, 0.2) is 6.20 Å². The van der Waals surface area contributed by atoms with Crippen molar-refractivity contribution < 1.29 is 4.74 Å². The molecule has 0 aliphatic carbocycles. The van der Waals surface area contributed by atoms with Crippen LogP contribution in [0.4, 0.5) is 0 Å². The maximum absolute atomic E-state index is 5.24. The van der Waals surface area contributed by atoms with Crippen molar-refractivity contribution >= 4 is 0 Å². The normalized spacial score (nSPS) is 26.2. The minimum Gasteiger partial charge on any atom is -0.372 e. The lowest BCUT2D eigenvalue weighted by Crippen LogP contribution is -2.33. The van der Waals surface area contributed by atoms with Crippen LogP contribution in [0.3, 0.4) is 0 Å². The fourth-order valence-corrected chi connectivity index (χ4v) is 2.16. The zero-order chi connectivity index (χ0) is 9.54. The molecule has 0 saturated carbocycles. The van der Waals surface area contributed by atoms with E-state index in [0.29, 0.717) is 6.10 Å². The Labute approximate surface area is 83.5 Å². The molecule has 0 aromatic carbocycles. The fourth-order valence-electron chi connectivity index (χ4n) is 2.16. The number of epoxide rings is 1. The lowest BCUT2D eigenvalue weighted by atomic mass is 10.1. The molecule has 3 heterocycles. The summed E-state index contributed by atoms with van der Waals surface area (Å²) in [5.74, 6) is 0. The third-order valence-electron chi connectivity index (χ3n) is 3.07. The van der Waals surface area contributed by atoms with Gasteiger partial charge in [0.1, 0.15) is 0 Å². The standard InChI is InChI=1S/C10H15N3O/c1-12-10-2-3-13(6-9-7-14-9)5-8(10)4-11-12/h4,9H,2-3,5-7H2,1H3/t9-/m1/s1. The number of fused-ring (bicyclic) bond motifs is 1. The van der Waals surface area contributed by atoms with Gasteiger partial charge >= 0.3 is 0 Å². The number of hydrogen-bond acceptors (Lipinski definition) is 3. The van der Waals surface area contributed by atoms with Crippen LogP contribution in [0.25, 0.3) is 0 Å². The van der Waals surface area contributed by atoms with E-state index in [9.17, 15) is 0 Å². The maximum Gasteiger partial charge on any atom is 0.0936 e. The summed E-state index contributed by atoms with van der Waals surface area (Å²) in [7, 11) is 2.03. The Kier molecular flexibility index (Phi) is 1.85. The fraction of sp³-hybridized carbons (Fsp3) is 0.700. The van der Waals surface area contributed by atoms with Gasteiger partial charge in [0.05, 0.1) is 18.9 Å². The third-order valence-corrected chi connectivity index (χ3v) is 3.07. The van der Waals surface area contributed by atoms with Crippen LogP contribution in [0.5, 0.6) is 0 Å². The van der Waals surface area contributed by atoms with E-state index >= 15 is 0 Å². The van der Waals surface area contributed by atoms with Crippen molar-refractivity contribution in [2.24, 2.45) is 7.05 Å². The monoisotopic (exact) mass is 193 g/mol. The van der Waals surface area contributed by atoms with E-state index in [-0.39, 0.29) is 0 Å². The first-order valence-electron chi connectivity index (χ1n) is 5.16. The Morgan fingerprint density at radius 3 is 3.29 bits per heavy atom. The van der Waals surface area contributed by atoms with Crippen molar-refractivity contribution in [3.8, 4) is 0 Å². The zero-order valence-corrected chi connectivity index (χ0v) is 8.44. The number of nitrogens with zero attached hydrogens (tertiary/aromatic N) is 3. The lowest BCUT2D eigenvalue weighted by Gasteiger charge is -2.26. The number of aryl methyl sites for hydroxylation is 1. The predicted octanol–water partition coefficient (Wildman–Crippen LogP) is 0.177. The molecule has 4 heteroatoms. The second-order valence-electron chi connectivity index (χ2n) is 4.18. The van der Waals surface area contributed by atoms with Crippen molar-refractivity contribution in [1.82, 2.24) is 14.7 Å². The summed E-state index contributed by atoms with van der Waals surface area (Å²) < 4.78 is 7.24. The molecule has 76 valence electrons. The van der Waals surface area contributed by atoms with Gasteiger partial charge in [-0.3, -0.25) is 9.58 Å². The van der Waals surface area contributed by atoms with Crippen molar-refractivity contribution in [1.29, 1.82) is 0 Å². The summed E-state index contributed by atoms with van der Waals surface area (Å²) in [5.41, 5.74) is 2.79. The zero-order valence-electron chi connectivity index (χ0n) is 8.44. The van der Waals surface area contributed by atoms with E-state index in [1.54, 1.807) is 0 Å². The van der Waals surface area contributed by atoms with Crippen molar-refractivity contribution in [2.75, 3.05) is 19.7 Å². The van der Waals surface area contributed by atoms with E-state index in [0.717, 1.165) is 32.7 Å². The molecule has 0 amide bonds. The van der Waals surface area contributed by atoms with E-state index in [4.69, 9.17) is 4.74 Å². The highest BCUT2D eigenvalue weighted by atomic mass is 16.6. The van der Waals surface area contributed by atoms with Crippen molar-refractivity contribution in [3.05, 3.63) is 17.5 Å². The minimum absolute atomic E-state index is 0.508. The van der Waals surface area contributed by atoms with Crippen LogP contribution < -0.4 is 0 Å². The van der Waals surface area contributed by atoms with E-state index < -0.39 is 0 Å². The van der Waals surface area contributed by atoms with Crippen LogP contribution in [-0.2, 0) is 24.8 Å². The lowest BCUT2D eigenvalue weighted by molar-refractivity contribution is 0.224. The minimum atomic E-state index is 0.508. The van der Waals surface area contributed by atoms with Crippen LogP contribution >= 0.6 is 0 Å². The predicted molar refractivity (Wildman–Crippen MR) is 51.9 cm³/mol. The molecule has 0 radical (unpaired) electrons. The molecule has 1 atom stereocenters. The molecule has 1 saturated heterocycles. The highest BCUT2D eigenvalue weighted by molar-refractivity contribution is 5.20. The average Bonchev–Trinajstić information content (AvgIpc) is 2.92. The SMILES string of the molecule is Cn1ncc2c1CCN(C[C@@H]1CO1)C2.